The fourth-order valence-corrected chi connectivity index (χ4v) is 2.10. The third-order valence-electron chi connectivity index (χ3n) is 2.90. The maximum absolute atomic E-state index is 13.8. The first-order valence-corrected chi connectivity index (χ1v) is 6.23. The molecule has 4 nitrogen and oxygen atoms in total. The summed E-state index contributed by atoms with van der Waals surface area (Å²) in [4.78, 5) is 22.4. The van der Waals surface area contributed by atoms with Crippen molar-refractivity contribution in [2.45, 2.75) is 0 Å². The molecular weight excluding hydrogens is 299 g/mol. The first-order chi connectivity index (χ1) is 9.93. The maximum atomic E-state index is 13.8. The van der Waals surface area contributed by atoms with Gasteiger partial charge in [0.05, 0.1) is 23.3 Å². The topological polar surface area (TPSA) is 63.6 Å². The van der Waals surface area contributed by atoms with Gasteiger partial charge in [-0.25, -0.2) is 14.0 Å². The first-order valence-electron chi connectivity index (χ1n) is 5.85. The van der Waals surface area contributed by atoms with Crippen molar-refractivity contribution in [1.82, 2.24) is 0 Å². The van der Waals surface area contributed by atoms with Crippen LogP contribution in [0.25, 0.3) is 11.1 Å². The minimum Gasteiger partial charge on any atom is -0.478 e. The Morgan fingerprint density at radius 3 is 2.48 bits per heavy atom. The molecule has 0 atom stereocenters. The van der Waals surface area contributed by atoms with Crippen LogP contribution in [-0.4, -0.2) is 24.2 Å². The summed E-state index contributed by atoms with van der Waals surface area (Å²) >= 11 is 5.97. The van der Waals surface area contributed by atoms with Crippen molar-refractivity contribution in [3.8, 4) is 11.1 Å². The fraction of sp³-hybridized carbons (Fsp3) is 0.0667. The highest BCUT2D eigenvalue weighted by molar-refractivity contribution is 6.33. The number of rotatable bonds is 3. The summed E-state index contributed by atoms with van der Waals surface area (Å²) in [7, 11) is 1.22. The molecule has 0 heterocycles. The molecule has 108 valence electrons. The van der Waals surface area contributed by atoms with Gasteiger partial charge < -0.3 is 9.84 Å². The minimum atomic E-state index is -1.16. The molecule has 0 spiro atoms. The number of benzene rings is 2. The van der Waals surface area contributed by atoms with Gasteiger partial charge >= 0.3 is 11.9 Å². The third kappa shape index (κ3) is 3.03. The Morgan fingerprint density at radius 1 is 1.19 bits per heavy atom. The highest BCUT2D eigenvalue weighted by Gasteiger charge is 2.14. The molecule has 21 heavy (non-hydrogen) atoms. The second kappa shape index (κ2) is 5.93. The molecule has 0 saturated carbocycles. The quantitative estimate of drug-likeness (QED) is 0.879. The van der Waals surface area contributed by atoms with Gasteiger partial charge in [0, 0.05) is 5.56 Å². The van der Waals surface area contributed by atoms with Crippen LogP contribution in [0.15, 0.2) is 36.4 Å². The van der Waals surface area contributed by atoms with Crippen molar-refractivity contribution in [2.24, 2.45) is 0 Å². The van der Waals surface area contributed by atoms with Crippen LogP contribution in [0.4, 0.5) is 4.39 Å². The molecule has 2 rings (SSSR count). The zero-order valence-corrected chi connectivity index (χ0v) is 11.6. The van der Waals surface area contributed by atoms with E-state index in [1.54, 1.807) is 0 Å². The highest BCUT2D eigenvalue weighted by Crippen LogP contribution is 2.28. The van der Waals surface area contributed by atoms with E-state index in [9.17, 15) is 14.0 Å². The van der Waals surface area contributed by atoms with Crippen LogP contribution in [0.2, 0.25) is 5.02 Å². The molecule has 0 bridgehead atoms. The summed E-state index contributed by atoms with van der Waals surface area (Å²) in [5.74, 6) is -2.35. The van der Waals surface area contributed by atoms with Gasteiger partial charge in [-0.15, -0.1) is 0 Å². The molecule has 2 aromatic carbocycles. The number of carboxylic acids is 1. The molecule has 1 N–H and O–H groups in total. The predicted molar refractivity (Wildman–Crippen MR) is 75.1 cm³/mol. The zero-order valence-electron chi connectivity index (χ0n) is 10.9. The van der Waals surface area contributed by atoms with Crippen molar-refractivity contribution in [1.29, 1.82) is 0 Å². The number of aromatic carboxylic acids is 1. The Labute approximate surface area is 124 Å². The van der Waals surface area contributed by atoms with E-state index in [1.165, 1.54) is 37.4 Å². The van der Waals surface area contributed by atoms with E-state index in [0.29, 0.717) is 5.56 Å². The molecule has 0 aliphatic heterocycles. The monoisotopic (exact) mass is 308 g/mol. The molecule has 0 saturated heterocycles. The number of carboxylic acid groups (broad SMARTS) is 1. The number of halogens is 2. The van der Waals surface area contributed by atoms with E-state index in [-0.39, 0.29) is 21.7 Å². The van der Waals surface area contributed by atoms with Crippen LogP contribution in [0, 0.1) is 5.82 Å². The second-order valence-corrected chi connectivity index (χ2v) is 4.59. The lowest BCUT2D eigenvalue weighted by atomic mass is 10.0. The SMILES string of the molecule is COC(=O)c1ccc(-c2cc(C(=O)O)ccc2F)cc1Cl. The summed E-state index contributed by atoms with van der Waals surface area (Å²) in [5.41, 5.74) is 0.568. The molecule has 2 aromatic rings. The lowest BCUT2D eigenvalue weighted by Gasteiger charge is -2.08. The number of carbonyl (C=O) groups excluding carboxylic acids is 1. The molecular formula is C15H10ClFO4. The summed E-state index contributed by atoms with van der Waals surface area (Å²) in [6, 6.07) is 7.71. The predicted octanol–water partition coefficient (Wildman–Crippen LogP) is 3.63. The van der Waals surface area contributed by atoms with Crippen LogP contribution in [0.5, 0.6) is 0 Å². The normalized spacial score (nSPS) is 10.2. The van der Waals surface area contributed by atoms with Gasteiger partial charge in [-0.3, -0.25) is 0 Å². The highest BCUT2D eigenvalue weighted by atomic mass is 35.5. The number of methoxy groups -OCH3 is 1. The molecule has 0 aliphatic rings. The minimum absolute atomic E-state index is 0.0421. The Balaban J connectivity index is 2.52. The molecule has 0 aromatic heterocycles. The van der Waals surface area contributed by atoms with Crippen molar-refractivity contribution in [3.63, 3.8) is 0 Å². The molecule has 6 heteroatoms. The standard InChI is InChI=1S/C15H10ClFO4/c1-21-15(20)10-4-2-8(7-12(10)16)11-6-9(14(18)19)3-5-13(11)17/h2-7H,1H3,(H,18,19). The van der Waals surface area contributed by atoms with Crippen molar-refractivity contribution in [3.05, 3.63) is 58.4 Å². The summed E-state index contributed by atoms with van der Waals surface area (Å²) in [6.45, 7) is 0. The lowest BCUT2D eigenvalue weighted by Crippen LogP contribution is -2.02. The molecule has 0 unspecified atom stereocenters. The van der Waals surface area contributed by atoms with Gasteiger partial charge in [0.1, 0.15) is 5.82 Å². The lowest BCUT2D eigenvalue weighted by molar-refractivity contribution is 0.0600. The number of esters is 1. The van der Waals surface area contributed by atoms with Gasteiger partial charge in [0.2, 0.25) is 0 Å². The molecule has 0 fully saturated rings. The number of hydrogen-bond donors (Lipinski definition) is 1. The van der Waals surface area contributed by atoms with Gasteiger partial charge in [0.15, 0.2) is 0 Å². The van der Waals surface area contributed by atoms with Crippen LogP contribution < -0.4 is 0 Å². The van der Waals surface area contributed by atoms with E-state index >= 15 is 0 Å². The summed E-state index contributed by atoms with van der Waals surface area (Å²) in [6.07, 6.45) is 0. The smallest absolute Gasteiger partial charge is 0.339 e. The van der Waals surface area contributed by atoms with Crippen LogP contribution in [-0.2, 0) is 4.74 Å². The third-order valence-corrected chi connectivity index (χ3v) is 3.21. The van der Waals surface area contributed by atoms with Crippen LogP contribution in [0.1, 0.15) is 20.7 Å². The van der Waals surface area contributed by atoms with E-state index in [4.69, 9.17) is 16.7 Å². The van der Waals surface area contributed by atoms with E-state index in [1.807, 2.05) is 0 Å². The fourth-order valence-electron chi connectivity index (χ4n) is 1.84. The van der Waals surface area contributed by atoms with E-state index < -0.39 is 17.8 Å². The van der Waals surface area contributed by atoms with Crippen LogP contribution in [0.3, 0.4) is 0 Å². The first kappa shape index (κ1) is 15.0. The Hall–Kier alpha value is -2.40. The van der Waals surface area contributed by atoms with Gasteiger partial charge in [-0.05, 0) is 35.9 Å². The van der Waals surface area contributed by atoms with Crippen molar-refractivity contribution in [2.75, 3.05) is 7.11 Å². The summed E-state index contributed by atoms with van der Waals surface area (Å²) < 4.78 is 18.4. The van der Waals surface area contributed by atoms with E-state index in [2.05, 4.69) is 4.74 Å². The molecule has 0 amide bonds. The Kier molecular flexibility index (Phi) is 4.23. The molecule has 0 aliphatic carbocycles. The zero-order chi connectivity index (χ0) is 15.6. The summed E-state index contributed by atoms with van der Waals surface area (Å²) in [5, 5.41) is 9.04. The second-order valence-electron chi connectivity index (χ2n) is 4.19. The van der Waals surface area contributed by atoms with Gasteiger partial charge in [-0.2, -0.15) is 0 Å². The van der Waals surface area contributed by atoms with Gasteiger partial charge in [-0.1, -0.05) is 17.7 Å². The average molecular weight is 309 g/mol. The Bertz CT molecular complexity index is 728. The largest absolute Gasteiger partial charge is 0.478 e. The van der Waals surface area contributed by atoms with Crippen LogP contribution >= 0.6 is 11.6 Å². The Morgan fingerprint density at radius 2 is 1.90 bits per heavy atom. The average Bonchev–Trinajstić information content (AvgIpc) is 2.46. The number of ether oxygens (including phenoxy) is 1. The van der Waals surface area contributed by atoms with E-state index in [0.717, 1.165) is 6.07 Å². The maximum Gasteiger partial charge on any atom is 0.339 e. The number of hydrogen-bond acceptors (Lipinski definition) is 3. The molecule has 0 radical (unpaired) electrons. The van der Waals surface area contributed by atoms with Crippen molar-refractivity contribution >= 4 is 23.5 Å². The number of carbonyl (C=O) groups is 2. The van der Waals surface area contributed by atoms with Gasteiger partial charge in [0.25, 0.3) is 0 Å². The van der Waals surface area contributed by atoms with Crippen molar-refractivity contribution < 1.29 is 23.8 Å².